The van der Waals surface area contributed by atoms with E-state index in [1.165, 1.54) is 11.0 Å². The Kier molecular flexibility index (Phi) is 5.78. The molecule has 4 heteroatoms. The van der Waals surface area contributed by atoms with Crippen LogP contribution in [0.4, 0.5) is 10.1 Å². The fourth-order valence-corrected chi connectivity index (χ4v) is 1.65. The van der Waals surface area contributed by atoms with Gasteiger partial charge in [0.2, 0.25) is 5.91 Å². The Morgan fingerprint density at radius 3 is 2.61 bits per heavy atom. The number of para-hydroxylation sites is 1. The molecule has 0 saturated heterocycles. The first-order chi connectivity index (χ1) is 8.60. The van der Waals surface area contributed by atoms with Gasteiger partial charge in [0.15, 0.2) is 0 Å². The van der Waals surface area contributed by atoms with Crippen molar-refractivity contribution in [2.45, 2.75) is 33.2 Å². The Bertz CT molecular complexity index is 395. The Balaban J connectivity index is 2.72. The number of rotatable bonds is 6. The van der Waals surface area contributed by atoms with Crippen molar-refractivity contribution in [3.8, 4) is 0 Å². The Hall–Kier alpha value is -1.42. The third kappa shape index (κ3) is 3.81. The van der Waals surface area contributed by atoms with Crippen LogP contribution in [0.1, 0.15) is 27.2 Å². The summed E-state index contributed by atoms with van der Waals surface area (Å²) in [4.78, 5) is 13.5. The maximum absolute atomic E-state index is 13.6. The van der Waals surface area contributed by atoms with Crippen molar-refractivity contribution in [2.75, 3.05) is 18.0 Å². The molecule has 1 aromatic rings. The maximum atomic E-state index is 13.6. The highest BCUT2D eigenvalue weighted by Crippen LogP contribution is 2.18. The lowest BCUT2D eigenvalue weighted by Gasteiger charge is -2.22. The quantitative estimate of drug-likeness (QED) is 0.844. The van der Waals surface area contributed by atoms with Gasteiger partial charge < -0.3 is 10.2 Å². The summed E-state index contributed by atoms with van der Waals surface area (Å²) in [6, 6.07) is 6.63. The van der Waals surface area contributed by atoms with E-state index in [2.05, 4.69) is 12.2 Å². The van der Waals surface area contributed by atoms with Crippen LogP contribution in [0.25, 0.3) is 0 Å². The SMILES string of the molecule is CCC(C)NCC(=O)N(CC)c1ccccc1F. The van der Waals surface area contributed by atoms with E-state index in [0.29, 0.717) is 12.2 Å². The van der Waals surface area contributed by atoms with Gasteiger partial charge in [0.05, 0.1) is 12.2 Å². The number of hydrogen-bond acceptors (Lipinski definition) is 2. The fourth-order valence-electron chi connectivity index (χ4n) is 1.65. The predicted octanol–water partition coefficient (Wildman–Crippen LogP) is 2.57. The van der Waals surface area contributed by atoms with E-state index >= 15 is 0 Å². The van der Waals surface area contributed by atoms with Crippen molar-refractivity contribution in [3.63, 3.8) is 0 Å². The molecule has 0 aliphatic rings. The second-order valence-electron chi connectivity index (χ2n) is 4.28. The monoisotopic (exact) mass is 252 g/mol. The van der Waals surface area contributed by atoms with Crippen LogP contribution >= 0.6 is 0 Å². The summed E-state index contributed by atoms with van der Waals surface area (Å²) in [6.07, 6.45) is 0.957. The van der Waals surface area contributed by atoms with Crippen molar-refractivity contribution in [1.29, 1.82) is 0 Å². The van der Waals surface area contributed by atoms with Crippen LogP contribution < -0.4 is 10.2 Å². The average molecular weight is 252 g/mol. The molecule has 0 heterocycles. The lowest BCUT2D eigenvalue weighted by molar-refractivity contribution is -0.117. The van der Waals surface area contributed by atoms with Crippen molar-refractivity contribution >= 4 is 11.6 Å². The van der Waals surface area contributed by atoms with Gasteiger partial charge >= 0.3 is 0 Å². The molecule has 0 fully saturated rings. The van der Waals surface area contributed by atoms with Gasteiger partial charge in [-0.2, -0.15) is 0 Å². The minimum atomic E-state index is -0.365. The molecule has 1 amide bonds. The maximum Gasteiger partial charge on any atom is 0.241 e. The second-order valence-corrected chi connectivity index (χ2v) is 4.28. The minimum absolute atomic E-state index is 0.108. The summed E-state index contributed by atoms with van der Waals surface area (Å²) in [5.74, 6) is -0.473. The molecule has 0 bridgehead atoms. The lowest BCUT2D eigenvalue weighted by Crippen LogP contribution is -2.41. The van der Waals surface area contributed by atoms with Gasteiger partial charge in [-0.05, 0) is 32.4 Å². The van der Waals surface area contributed by atoms with Crippen LogP contribution in [0.15, 0.2) is 24.3 Å². The number of nitrogens with zero attached hydrogens (tertiary/aromatic N) is 1. The van der Waals surface area contributed by atoms with Crippen LogP contribution in [0.2, 0.25) is 0 Å². The van der Waals surface area contributed by atoms with Crippen LogP contribution in [-0.4, -0.2) is 25.0 Å². The average Bonchev–Trinajstić information content (AvgIpc) is 2.39. The van der Waals surface area contributed by atoms with Gasteiger partial charge in [0, 0.05) is 12.6 Å². The van der Waals surface area contributed by atoms with Crippen molar-refractivity contribution in [1.82, 2.24) is 5.32 Å². The van der Waals surface area contributed by atoms with Crippen LogP contribution in [0, 0.1) is 5.82 Å². The van der Waals surface area contributed by atoms with E-state index in [1.807, 2.05) is 13.8 Å². The minimum Gasteiger partial charge on any atom is -0.309 e. The molecule has 1 rings (SSSR count). The highest BCUT2D eigenvalue weighted by molar-refractivity contribution is 5.94. The molecule has 0 saturated carbocycles. The lowest BCUT2D eigenvalue weighted by atomic mass is 10.2. The Morgan fingerprint density at radius 2 is 2.06 bits per heavy atom. The number of hydrogen-bond donors (Lipinski definition) is 1. The molecule has 1 atom stereocenters. The summed E-state index contributed by atoms with van der Waals surface area (Å²) in [5.41, 5.74) is 0.343. The van der Waals surface area contributed by atoms with E-state index in [1.54, 1.807) is 18.2 Å². The summed E-state index contributed by atoms with van der Waals surface area (Å²) in [7, 11) is 0. The van der Waals surface area contributed by atoms with E-state index in [4.69, 9.17) is 0 Å². The van der Waals surface area contributed by atoms with Crippen LogP contribution in [-0.2, 0) is 4.79 Å². The summed E-state index contributed by atoms with van der Waals surface area (Å²) in [5, 5.41) is 3.12. The molecule has 1 N–H and O–H groups in total. The topological polar surface area (TPSA) is 32.3 Å². The zero-order chi connectivity index (χ0) is 13.5. The molecule has 0 aromatic heterocycles. The highest BCUT2D eigenvalue weighted by atomic mass is 19.1. The molecule has 0 aliphatic heterocycles. The van der Waals surface area contributed by atoms with E-state index in [-0.39, 0.29) is 24.3 Å². The zero-order valence-electron chi connectivity index (χ0n) is 11.2. The number of anilines is 1. The molecule has 1 unspecified atom stereocenters. The first-order valence-corrected chi connectivity index (χ1v) is 6.38. The van der Waals surface area contributed by atoms with Gasteiger partial charge in [0.1, 0.15) is 5.82 Å². The smallest absolute Gasteiger partial charge is 0.241 e. The van der Waals surface area contributed by atoms with Gasteiger partial charge in [-0.1, -0.05) is 19.1 Å². The highest BCUT2D eigenvalue weighted by Gasteiger charge is 2.17. The summed E-state index contributed by atoms with van der Waals surface area (Å²) >= 11 is 0. The van der Waals surface area contributed by atoms with Crippen molar-refractivity contribution in [3.05, 3.63) is 30.1 Å². The van der Waals surface area contributed by atoms with E-state index < -0.39 is 0 Å². The number of amides is 1. The molecule has 0 spiro atoms. The largest absolute Gasteiger partial charge is 0.309 e. The predicted molar refractivity (Wildman–Crippen MR) is 72.2 cm³/mol. The molecule has 3 nitrogen and oxygen atoms in total. The van der Waals surface area contributed by atoms with Crippen LogP contribution in [0.5, 0.6) is 0 Å². The normalized spacial score (nSPS) is 12.2. The van der Waals surface area contributed by atoms with Gasteiger partial charge in [-0.25, -0.2) is 4.39 Å². The fraction of sp³-hybridized carbons (Fsp3) is 0.500. The van der Waals surface area contributed by atoms with Crippen molar-refractivity contribution in [2.24, 2.45) is 0 Å². The number of carbonyl (C=O) groups excluding carboxylic acids is 1. The molecule has 18 heavy (non-hydrogen) atoms. The van der Waals surface area contributed by atoms with E-state index in [9.17, 15) is 9.18 Å². The molecule has 0 aliphatic carbocycles. The molecule has 100 valence electrons. The molecule has 0 radical (unpaired) electrons. The number of nitrogens with one attached hydrogen (secondary N) is 1. The first kappa shape index (κ1) is 14.6. The Morgan fingerprint density at radius 1 is 1.39 bits per heavy atom. The first-order valence-electron chi connectivity index (χ1n) is 6.38. The van der Waals surface area contributed by atoms with Gasteiger partial charge in [0.25, 0.3) is 0 Å². The van der Waals surface area contributed by atoms with Gasteiger partial charge in [-0.15, -0.1) is 0 Å². The standard InChI is InChI=1S/C14H21FN2O/c1-4-11(3)16-10-14(18)17(5-2)13-9-7-6-8-12(13)15/h6-9,11,16H,4-5,10H2,1-3H3. The Labute approximate surface area is 108 Å². The van der Waals surface area contributed by atoms with Crippen molar-refractivity contribution < 1.29 is 9.18 Å². The van der Waals surface area contributed by atoms with Gasteiger partial charge in [-0.3, -0.25) is 4.79 Å². The second kappa shape index (κ2) is 7.11. The third-order valence-electron chi connectivity index (χ3n) is 2.97. The molecule has 1 aromatic carbocycles. The summed E-state index contributed by atoms with van der Waals surface area (Å²) < 4.78 is 13.6. The third-order valence-corrected chi connectivity index (χ3v) is 2.97. The number of carbonyl (C=O) groups is 1. The number of likely N-dealkylation sites (N-methyl/N-ethyl adjacent to an activating group) is 1. The number of benzene rings is 1. The van der Waals surface area contributed by atoms with Crippen LogP contribution in [0.3, 0.4) is 0 Å². The zero-order valence-corrected chi connectivity index (χ0v) is 11.2. The summed E-state index contributed by atoms with van der Waals surface area (Å²) in [6.45, 7) is 6.61. The molecular weight excluding hydrogens is 231 g/mol. The molecular formula is C14H21FN2O. The van der Waals surface area contributed by atoms with E-state index in [0.717, 1.165) is 6.42 Å². The number of halogens is 1.